The number of nitrogens with zero attached hydrogens (tertiary/aromatic N) is 1. The van der Waals surface area contributed by atoms with Gasteiger partial charge in [-0.1, -0.05) is 38.3 Å². The van der Waals surface area contributed by atoms with Gasteiger partial charge in [-0.2, -0.15) is 0 Å². The first-order valence-electron chi connectivity index (χ1n) is 11.4. The third kappa shape index (κ3) is 8.00. The largest absolute Gasteiger partial charge is 0.385 e. The number of amides is 2. The van der Waals surface area contributed by atoms with Crippen molar-refractivity contribution in [2.24, 2.45) is 0 Å². The van der Waals surface area contributed by atoms with Crippen molar-refractivity contribution in [3.63, 3.8) is 0 Å². The number of carbonyl (C=O) groups is 2. The second kappa shape index (κ2) is 13.5. The lowest BCUT2D eigenvalue weighted by atomic mass is 10.0. The first-order chi connectivity index (χ1) is 15.5. The molecule has 0 fully saturated rings. The first-order valence-corrected chi connectivity index (χ1v) is 11.4. The molecule has 0 aliphatic carbocycles. The molecule has 0 heterocycles. The molecular weight excluding hydrogens is 402 g/mol. The normalized spacial score (nSPS) is 10.6. The van der Waals surface area contributed by atoms with Gasteiger partial charge in [-0.15, -0.1) is 0 Å². The van der Waals surface area contributed by atoms with E-state index in [1.807, 2.05) is 55.4 Å². The van der Waals surface area contributed by atoms with Crippen molar-refractivity contribution in [2.75, 3.05) is 44.6 Å². The standard InChI is InChI=1S/C26H37N3O3/c1-5-6-7-8-10-20-11-13-21(14-12-20)25(30)28-22-15-16-24(29(2)3)23(19-22)26(31)27-17-9-18-32-4/h11-16,19H,5-10,17-18H2,1-4H3,(H,27,31)(H,28,30). The Balaban J connectivity index is 2.04. The summed E-state index contributed by atoms with van der Waals surface area (Å²) in [6, 6.07) is 13.2. The molecule has 0 radical (unpaired) electrons. The highest BCUT2D eigenvalue weighted by Crippen LogP contribution is 2.23. The zero-order valence-corrected chi connectivity index (χ0v) is 19.9. The van der Waals surface area contributed by atoms with E-state index in [0.717, 1.165) is 18.5 Å². The van der Waals surface area contributed by atoms with E-state index in [0.29, 0.717) is 30.0 Å². The van der Waals surface area contributed by atoms with Crippen LogP contribution < -0.4 is 15.5 Å². The van der Waals surface area contributed by atoms with Gasteiger partial charge >= 0.3 is 0 Å². The summed E-state index contributed by atoms with van der Waals surface area (Å²) in [4.78, 5) is 27.3. The van der Waals surface area contributed by atoms with Crippen molar-refractivity contribution in [2.45, 2.75) is 45.4 Å². The zero-order chi connectivity index (χ0) is 23.3. The highest BCUT2D eigenvalue weighted by molar-refractivity contribution is 6.06. The highest BCUT2D eigenvalue weighted by Gasteiger charge is 2.15. The molecule has 0 unspecified atom stereocenters. The predicted molar refractivity (Wildman–Crippen MR) is 132 cm³/mol. The average Bonchev–Trinajstić information content (AvgIpc) is 2.79. The van der Waals surface area contributed by atoms with E-state index in [-0.39, 0.29) is 11.8 Å². The third-order valence-electron chi connectivity index (χ3n) is 5.33. The fraction of sp³-hybridized carbons (Fsp3) is 0.462. The van der Waals surface area contributed by atoms with Gasteiger partial charge < -0.3 is 20.3 Å². The van der Waals surface area contributed by atoms with E-state index in [1.165, 1.54) is 31.2 Å². The fourth-order valence-electron chi connectivity index (χ4n) is 3.48. The molecule has 2 amide bonds. The van der Waals surface area contributed by atoms with Crippen LogP contribution in [-0.2, 0) is 11.2 Å². The van der Waals surface area contributed by atoms with Crippen molar-refractivity contribution in [1.82, 2.24) is 5.32 Å². The first kappa shape index (κ1) is 25.4. The summed E-state index contributed by atoms with van der Waals surface area (Å²) in [5.74, 6) is -0.361. The molecule has 2 N–H and O–H groups in total. The van der Waals surface area contributed by atoms with Crippen molar-refractivity contribution in [3.8, 4) is 0 Å². The van der Waals surface area contributed by atoms with E-state index in [2.05, 4.69) is 17.6 Å². The number of anilines is 2. The van der Waals surface area contributed by atoms with E-state index in [4.69, 9.17) is 4.74 Å². The monoisotopic (exact) mass is 439 g/mol. The Hall–Kier alpha value is -2.86. The Labute approximate surface area is 192 Å². The number of ether oxygens (including phenoxy) is 1. The summed E-state index contributed by atoms with van der Waals surface area (Å²) in [6.07, 6.45) is 6.69. The average molecular weight is 440 g/mol. The maximum Gasteiger partial charge on any atom is 0.255 e. The summed E-state index contributed by atoms with van der Waals surface area (Å²) in [7, 11) is 5.41. The molecule has 0 bridgehead atoms. The minimum Gasteiger partial charge on any atom is -0.385 e. The molecule has 0 aliphatic heterocycles. The second-order valence-corrected chi connectivity index (χ2v) is 8.19. The molecule has 0 atom stereocenters. The van der Waals surface area contributed by atoms with Crippen molar-refractivity contribution < 1.29 is 14.3 Å². The Bertz CT molecular complexity index is 863. The molecule has 0 saturated heterocycles. The number of nitrogens with one attached hydrogen (secondary N) is 2. The van der Waals surface area contributed by atoms with Gasteiger partial charge in [0.1, 0.15) is 0 Å². The predicted octanol–water partition coefficient (Wildman–Crippen LogP) is 4.89. The lowest BCUT2D eigenvalue weighted by Gasteiger charge is -2.18. The fourth-order valence-corrected chi connectivity index (χ4v) is 3.48. The van der Waals surface area contributed by atoms with Crippen molar-refractivity contribution >= 4 is 23.2 Å². The van der Waals surface area contributed by atoms with E-state index in [1.54, 1.807) is 13.2 Å². The minimum absolute atomic E-state index is 0.173. The Morgan fingerprint density at radius 2 is 1.69 bits per heavy atom. The molecule has 6 nitrogen and oxygen atoms in total. The van der Waals surface area contributed by atoms with Crippen LogP contribution in [0.5, 0.6) is 0 Å². The molecule has 6 heteroatoms. The van der Waals surface area contributed by atoms with Crippen LogP contribution in [-0.4, -0.2) is 46.2 Å². The topological polar surface area (TPSA) is 70.7 Å². The molecule has 2 rings (SSSR count). The van der Waals surface area contributed by atoms with Crippen LogP contribution in [0.3, 0.4) is 0 Å². The van der Waals surface area contributed by atoms with Crippen molar-refractivity contribution in [1.29, 1.82) is 0 Å². The molecule has 0 spiro atoms. The third-order valence-corrected chi connectivity index (χ3v) is 5.33. The molecular formula is C26H37N3O3. The summed E-state index contributed by atoms with van der Waals surface area (Å²) in [6.45, 7) is 3.33. The van der Waals surface area contributed by atoms with Crippen LogP contribution >= 0.6 is 0 Å². The summed E-state index contributed by atoms with van der Waals surface area (Å²) in [5.41, 5.74) is 3.75. The van der Waals surface area contributed by atoms with Crippen LogP contribution in [0.25, 0.3) is 0 Å². The van der Waals surface area contributed by atoms with E-state index < -0.39 is 0 Å². The number of unbranched alkanes of at least 4 members (excludes halogenated alkanes) is 3. The van der Waals surface area contributed by atoms with Crippen molar-refractivity contribution in [3.05, 3.63) is 59.2 Å². The van der Waals surface area contributed by atoms with Gasteiger partial charge in [0.2, 0.25) is 0 Å². The van der Waals surface area contributed by atoms with Gasteiger partial charge in [0, 0.05) is 51.3 Å². The SMILES string of the molecule is CCCCCCc1ccc(C(=O)Nc2ccc(N(C)C)c(C(=O)NCCCOC)c2)cc1. The lowest BCUT2D eigenvalue weighted by molar-refractivity contribution is 0.0947. The Morgan fingerprint density at radius 3 is 2.34 bits per heavy atom. The van der Waals surface area contributed by atoms with Crippen LogP contribution in [0.15, 0.2) is 42.5 Å². The smallest absolute Gasteiger partial charge is 0.255 e. The summed E-state index contributed by atoms with van der Waals surface area (Å²) < 4.78 is 5.03. The van der Waals surface area contributed by atoms with E-state index in [9.17, 15) is 9.59 Å². The Morgan fingerprint density at radius 1 is 0.938 bits per heavy atom. The molecule has 0 aromatic heterocycles. The zero-order valence-electron chi connectivity index (χ0n) is 19.9. The van der Waals surface area contributed by atoms with Gasteiger partial charge in [0.25, 0.3) is 11.8 Å². The molecule has 174 valence electrons. The number of hydrogen-bond donors (Lipinski definition) is 2. The van der Waals surface area contributed by atoms with Crippen LogP contribution in [0.4, 0.5) is 11.4 Å². The van der Waals surface area contributed by atoms with Gasteiger partial charge in [-0.05, 0) is 55.2 Å². The van der Waals surface area contributed by atoms with E-state index >= 15 is 0 Å². The maximum atomic E-state index is 12.7. The number of hydrogen-bond acceptors (Lipinski definition) is 4. The lowest BCUT2D eigenvalue weighted by Crippen LogP contribution is -2.27. The quantitative estimate of drug-likeness (QED) is 0.436. The molecule has 0 saturated carbocycles. The highest BCUT2D eigenvalue weighted by atomic mass is 16.5. The number of methoxy groups -OCH3 is 1. The minimum atomic E-state index is -0.188. The van der Waals surface area contributed by atoms with Gasteiger partial charge in [0.15, 0.2) is 0 Å². The molecule has 0 aliphatic rings. The van der Waals surface area contributed by atoms with Gasteiger partial charge in [0.05, 0.1) is 5.56 Å². The van der Waals surface area contributed by atoms with Crippen LogP contribution in [0.2, 0.25) is 0 Å². The molecule has 32 heavy (non-hydrogen) atoms. The summed E-state index contributed by atoms with van der Waals surface area (Å²) in [5, 5.41) is 5.83. The number of rotatable bonds is 13. The number of aryl methyl sites for hydroxylation is 1. The summed E-state index contributed by atoms with van der Waals surface area (Å²) >= 11 is 0. The maximum absolute atomic E-state index is 12.7. The molecule has 2 aromatic rings. The molecule has 2 aromatic carbocycles. The van der Waals surface area contributed by atoms with Crippen LogP contribution in [0.1, 0.15) is 65.3 Å². The van der Waals surface area contributed by atoms with Crippen LogP contribution in [0, 0.1) is 0 Å². The second-order valence-electron chi connectivity index (χ2n) is 8.19. The number of benzene rings is 2. The van der Waals surface area contributed by atoms with Gasteiger partial charge in [-0.3, -0.25) is 9.59 Å². The van der Waals surface area contributed by atoms with Gasteiger partial charge in [-0.25, -0.2) is 0 Å². The number of carbonyl (C=O) groups excluding carboxylic acids is 2. The Kier molecular flexibility index (Phi) is 10.7.